The third-order valence-electron chi connectivity index (χ3n) is 4.19. The number of nitro groups is 1. The first-order valence-corrected chi connectivity index (χ1v) is 7.88. The van der Waals surface area contributed by atoms with Gasteiger partial charge in [0.2, 0.25) is 0 Å². The summed E-state index contributed by atoms with van der Waals surface area (Å²) in [6, 6.07) is 5.36. The van der Waals surface area contributed by atoms with Crippen molar-refractivity contribution in [2.75, 3.05) is 19.8 Å². The van der Waals surface area contributed by atoms with E-state index in [0.29, 0.717) is 24.3 Å². The van der Waals surface area contributed by atoms with Crippen LogP contribution in [-0.4, -0.2) is 35.1 Å². The van der Waals surface area contributed by atoms with E-state index >= 15 is 0 Å². The van der Waals surface area contributed by atoms with E-state index in [1.165, 1.54) is 0 Å². The van der Waals surface area contributed by atoms with E-state index in [2.05, 4.69) is 31.7 Å². The molecule has 0 unspecified atom stereocenters. The van der Waals surface area contributed by atoms with E-state index in [1.807, 2.05) is 12.1 Å². The highest BCUT2D eigenvalue weighted by Gasteiger charge is 2.35. The van der Waals surface area contributed by atoms with Gasteiger partial charge < -0.3 is 14.4 Å². The van der Waals surface area contributed by atoms with Crippen LogP contribution < -0.4 is 0 Å². The van der Waals surface area contributed by atoms with Crippen molar-refractivity contribution >= 4 is 11.4 Å². The average Bonchev–Trinajstić information content (AvgIpc) is 3.17. The molecule has 0 amide bonds. The van der Waals surface area contributed by atoms with Crippen molar-refractivity contribution in [2.24, 2.45) is 0 Å². The van der Waals surface area contributed by atoms with Crippen LogP contribution in [0.1, 0.15) is 44.6 Å². The third-order valence-corrected chi connectivity index (χ3v) is 4.19. The van der Waals surface area contributed by atoms with Gasteiger partial charge in [0.05, 0.1) is 29.3 Å². The zero-order valence-electron chi connectivity index (χ0n) is 13.7. The van der Waals surface area contributed by atoms with Crippen LogP contribution in [0.25, 0.3) is 5.70 Å². The van der Waals surface area contributed by atoms with Gasteiger partial charge >= 0.3 is 0 Å². The van der Waals surface area contributed by atoms with Crippen molar-refractivity contribution < 1.29 is 14.4 Å². The number of rotatable bonds is 3. The standard InChI is InChI=1S/C17H22N2O4/c1-17(2,3)18-9-5-8-14(18)12-6-4-7-13(15(12)19(20)21)16-22-10-11-23-16/h4,6-8,16H,5,9-11H2,1-3H3. The molecule has 2 aliphatic rings. The molecule has 0 atom stereocenters. The summed E-state index contributed by atoms with van der Waals surface area (Å²) in [5.74, 6) is 0. The van der Waals surface area contributed by atoms with Gasteiger partial charge in [0, 0.05) is 17.8 Å². The maximum atomic E-state index is 11.8. The second kappa shape index (κ2) is 5.94. The Hall–Kier alpha value is -1.92. The summed E-state index contributed by atoms with van der Waals surface area (Å²) in [6.45, 7) is 8.14. The largest absolute Gasteiger partial charge is 0.366 e. The second-order valence-corrected chi connectivity index (χ2v) is 6.77. The van der Waals surface area contributed by atoms with Crippen LogP contribution in [0.15, 0.2) is 24.3 Å². The number of hydrogen-bond acceptors (Lipinski definition) is 5. The Morgan fingerprint density at radius 3 is 2.57 bits per heavy atom. The van der Waals surface area contributed by atoms with Crippen LogP contribution >= 0.6 is 0 Å². The molecule has 1 saturated heterocycles. The van der Waals surface area contributed by atoms with E-state index in [-0.39, 0.29) is 16.1 Å². The van der Waals surface area contributed by atoms with Crippen LogP contribution in [0.2, 0.25) is 0 Å². The molecule has 0 aliphatic carbocycles. The first kappa shape index (κ1) is 16.0. The lowest BCUT2D eigenvalue weighted by molar-refractivity contribution is -0.387. The lowest BCUT2D eigenvalue weighted by Crippen LogP contribution is -2.38. The molecule has 2 heterocycles. The van der Waals surface area contributed by atoms with Gasteiger partial charge in [-0.25, -0.2) is 0 Å². The van der Waals surface area contributed by atoms with Crippen molar-refractivity contribution in [3.63, 3.8) is 0 Å². The van der Waals surface area contributed by atoms with Gasteiger partial charge in [-0.2, -0.15) is 0 Å². The minimum Gasteiger partial charge on any atom is -0.366 e. The van der Waals surface area contributed by atoms with Gasteiger partial charge in [-0.1, -0.05) is 12.1 Å². The number of benzene rings is 1. The van der Waals surface area contributed by atoms with Crippen LogP contribution in [0, 0.1) is 10.1 Å². The fraction of sp³-hybridized carbons (Fsp3) is 0.529. The Bertz CT molecular complexity index is 642. The highest BCUT2D eigenvalue weighted by molar-refractivity contribution is 5.75. The first-order chi connectivity index (χ1) is 10.9. The SMILES string of the molecule is CC(C)(C)N1CCC=C1c1cccc(C2OCCO2)c1[N+](=O)[O-]. The van der Waals surface area contributed by atoms with Crippen LogP contribution in [0.3, 0.4) is 0 Å². The van der Waals surface area contributed by atoms with Crippen molar-refractivity contribution in [1.29, 1.82) is 0 Å². The molecule has 0 spiro atoms. The van der Waals surface area contributed by atoms with E-state index in [9.17, 15) is 10.1 Å². The fourth-order valence-corrected chi connectivity index (χ4v) is 3.21. The number of nitrogens with zero attached hydrogens (tertiary/aromatic N) is 2. The number of nitro benzene ring substituents is 1. The van der Waals surface area contributed by atoms with Crippen molar-refractivity contribution in [3.05, 3.63) is 45.5 Å². The molecule has 0 saturated carbocycles. The fourth-order valence-electron chi connectivity index (χ4n) is 3.21. The number of para-hydroxylation sites is 1. The molecule has 0 aromatic heterocycles. The molecule has 3 rings (SSSR count). The van der Waals surface area contributed by atoms with Crippen LogP contribution in [0.5, 0.6) is 0 Å². The molecule has 1 aromatic carbocycles. The summed E-state index contributed by atoms with van der Waals surface area (Å²) in [5, 5.41) is 11.8. The van der Waals surface area contributed by atoms with E-state index in [4.69, 9.17) is 9.47 Å². The Labute approximate surface area is 135 Å². The highest BCUT2D eigenvalue weighted by atomic mass is 16.7. The Balaban J connectivity index is 2.09. The lowest BCUT2D eigenvalue weighted by atomic mass is 10.00. The maximum Gasteiger partial charge on any atom is 0.286 e. The van der Waals surface area contributed by atoms with Gasteiger partial charge in [-0.15, -0.1) is 0 Å². The molecule has 2 aliphatic heterocycles. The Kier molecular flexibility index (Phi) is 4.12. The molecule has 6 nitrogen and oxygen atoms in total. The molecule has 6 heteroatoms. The monoisotopic (exact) mass is 318 g/mol. The first-order valence-electron chi connectivity index (χ1n) is 7.88. The highest BCUT2D eigenvalue weighted by Crippen LogP contribution is 2.41. The molecule has 0 bridgehead atoms. The number of hydrogen-bond donors (Lipinski definition) is 0. The van der Waals surface area contributed by atoms with Gasteiger partial charge in [-0.05, 0) is 39.3 Å². The van der Waals surface area contributed by atoms with Gasteiger partial charge in [0.1, 0.15) is 0 Å². The smallest absolute Gasteiger partial charge is 0.286 e. The minimum atomic E-state index is -0.652. The van der Waals surface area contributed by atoms with Crippen molar-refractivity contribution in [1.82, 2.24) is 4.90 Å². The molecule has 124 valence electrons. The molecule has 0 N–H and O–H groups in total. The third kappa shape index (κ3) is 2.96. The summed E-state index contributed by atoms with van der Waals surface area (Å²) >= 11 is 0. The molecule has 1 aromatic rings. The Morgan fingerprint density at radius 2 is 1.96 bits per heavy atom. The maximum absolute atomic E-state index is 11.8. The number of ether oxygens (including phenoxy) is 2. The zero-order valence-corrected chi connectivity index (χ0v) is 13.7. The molecular weight excluding hydrogens is 296 g/mol. The predicted octanol–water partition coefficient (Wildman–Crippen LogP) is 3.49. The van der Waals surface area contributed by atoms with Gasteiger partial charge in [-0.3, -0.25) is 10.1 Å². The van der Waals surface area contributed by atoms with E-state index in [0.717, 1.165) is 18.7 Å². The molecule has 23 heavy (non-hydrogen) atoms. The van der Waals surface area contributed by atoms with Crippen molar-refractivity contribution in [2.45, 2.75) is 39.0 Å². The average molecular weight is 318 g/mol. The predicted molar refractivity (Wildman–Crippen MR) is 86.8 cm³/mol. The molecule has 0 radical (unpaired) electrons. The Morgan fingerprint density at radius 1 is 1.26 bits per heavy atom. The van der Waals surface area contributed by atoms with Crippen LogP contribution in [0.4, 0.5) is 5.69 Å². The van der Waals surface area contributed by atoms with Gasteiger partial charge in [0.15, 0.2) is 6.29 Å². The van der Waals surface area contributed by atoms with Gasteiger partial charge in [0.25, 0.3) is 5.69 Å². The summed E-state index contributed by atoms with van der Waals surface area (Å²) < 4.78 is 11.0. The topological polar surface area (TPSA) is 64.8 Å². The van der Waals surface area contributed by atoms with E-state index < -0.39 is 6.29 Å². The molecule has 1 fully saturated rings. The minimum absolute atomic E-state index is 0.0850. The summed E-state index contributed by atoms with van der Waals surface area (Å²) in [7, 11) is 0. The lowest BCUT2D eigenvalue weighted by Gasteiger charge is -2.36. The normalized spacial score (nSPS) is 19.3. The second-order valence-electron chi connectivity index (χ2n) is 6.77. The zero-order chi connectivity index (χ0) is 16.6. The summed E-state index contributed by atoms with van der Waals surface area (Å²) in [4.78, 5) is 13.7. The summed E-state index contributed by atoms with van der Waals surface area (Å²) in [5.41, 5.74) is 2.04. The quantitative estimate of drug-likeness (QED) is 0.630. The van der Waals surface area contributed by atoms with E-state index in [1.54, 1.807) is 6.07 Å². The molecular formula is C17H22N2O4. The van der Waals surface area contributed by atoms with Crippen molar-refractivity contribution in [3.8, 4) is 0 Å². The summed E-state index contributed by atoms with van der Waals surface area (Å²) in [6.07, 6.45) is 2.32. The van der Waals surface area contributed by atoms with Crippen LogP contribution in [-0.2, 0) is 9.47 Å².